The van der Waals surface area contributed by atoms with Gasteiger partial charge in [-0.05, 0) is 30.9 Å². The van der Waals surface area contributed by atoms with Gasteiger partial charge in [-0.15, -0.1) is 0 Å². The number of rotatable bonds is 5. The number of alkyl halides is 1. The molecule has 2 heterocycles. The van der Waals surface area contributed by atoms with Gasteiger partial charge < -0.3 is 5.32 Å². The van der Waals surface area contributed by atoms with Gasteiger partial charge >= 0.3 is 0 Å². The van der Waals surface area contributed by atoms with E-state index in [1.54, 1.807) is 18.5 Å². The van der Waals surface area contributed by atoms with Crippen LogP contribution in [0.2, 0.25) is 0 Å². The van der Waals surface area contributed by atoms with E-state index in [9.17, 15) is 9.18 Å². The van der Waals surface area contributed by atoms with Crippen LogP contribution in [0.1, 0.15) is 25.0 Å². The van der Waals surface area contributed by atoms with E-state index in [2.05, 4.69) is 15.3 Å². The smallest absolute Gasteiger partial charge is 0.225 e. The van der Waals surface area contributed by atoms with E-state index < -0.39 is 6.67 Å². The Hall–Kier alpha value is -1.82. The molecule has 0 radical (unpaired) electrons. The Bertz CT molecular complexity index is 610. The molecule has 0 aromatic carbocycles. The number of nitrogens with one attached hydrogen (secondary N) is 1. The first-order valence-corrected chi connectivity index (χ1v) is 7.34. The van der Waals surface area contributed by atoms with Crippen LogP contribution in [0.3, 0.4) is 0 Å². The van der Waals surface area contributed by atoms with Gasteiger partial charge in [-0.2, -0.15) is 0 Å². The van der Waals surface area contributed by atoms with E-state index in [0.29, 0.717) is 22.3 Å². The number of anilines is 1. The van der Waals surface area contributed by atoms with Gasteiger partial charge in [0.05, 0.1) is 0 Å². The van der Waals surface area contributed by atoms with Crippen LogP contribution < -0.4 is 5.32 Å². The van der Waals surface area contributed by atoms with Crippen LogP contribution in [0.4, 0.5) is 9.39 Å². The summed E-state index contributed by atoms with van der Waals surface area (Å²) in [4.78, 5) is 20.1. The van der Waals surface area contributed by atoms with Crippen LogP contribution in [-0.4, -0.2) is 15.9 Å². The molecule has 2 aromatic heterocycles. The quantitative estimate of drug-likeness (QED) is 0.918. The van der Waals surface area contributed by atoms with E-state index in [-0.39, 0.29) is 11.6 Å². The number of aromatic nitrogens is 2. The van der Waals surface area contributed by atoms with Crippen LogP contribution in [0.15, 0.2) is 24.5 Å². The minimum Gasteiger partial charge on any atom is -0.316 e. The standard InChI is InChI=1S/C14H14FN3OS/c15-7-11-14(18-12(19)6-9-3-4-9)20-13(17-11)10-2-1-5-16-8-10/h1-2,5,8-9H,3-4,6-7H2,(H,18,19). The number of thiazole rings is 1. The third-order valence-electron chi connectivity index (χ3n) is 3.16. The fourth-order valence-electron chi connectivity index (χ4n) is 1.91. The summed E-state index contributed by atoms with van der Waals surface area (Å²) >= 11 is 1.29. The molecule has 0 unspecified atom stereocenters. The second-order valence-electron chi connectivity index (χ2n) is 4.87. The molecule has 3 rings (SSSR count). The molecule has 2 aromatic rings. The summed E-state index contributed by atoms with van der Waals surface area (Å²) in [6.07, 6.45) is 6.11. The number of carbonyl (C=O) groups is 1. The molecular weight excluding hydrogens is 277 g/mol. The number of pyridine rings is 1. The maximum absolute atomic E-state index is 13.0. The maximum Gasteiger partial charge on any atom is 0.225 e. The van der Waals surface area contributed by atoms with Crippen LogP contribution in [0.25, 0.3) is 10.6 Å². The summed E-state index contributed by atoms with van der Waals surface area (Å²) in [5.74, 6) is 0.457. The number of amides is 1. The third-order valence-corrected chi connectivity index (χ3v) is 4.22. The molecule has 4 nitrogen and oxygen atoms in total. The zero-order valence-corrected chi connectivity index (χ0v) is 11.6. The SMILES string of the molecule is O=C(CC1CC1)Nc1sc(-c2cccnc2)nc1CF. The highest BCUT2D eigenvalue weighted by molar-refractivity contribution is 7.19. The van der Waals surface area contributed by atoms with Gasteiger partial charge in [0.15, 0.2) is 0 Å². The zero-order chi connectivity index (χ0) is 13.9. The Morgan fingerprint density at radius 2 is 2.35 bits per heavy atom. The van der Waals surface area contributed by atoms with Crippen molar-refractivity contribution in [3.63, 3.8) is 0 Å². The Labute approximate surface area is 120 Å². The Morgan fingerprint density at radius 3 is 3.00 bits per heavy atom. The Balaban J connectivity index is 1.79. The topological polar surface area (TPSA) is 54.9 Å². The van der Waals surface area contributed by atoms with Gasteiger partial charge in [-0.3, -0.25) is 9.78 Å². The molecular formula is C14H14FN3OS. The van der Waals surface area contributed by atoms with Gasteiger partial charge in [0.1, 0.15) is 22.4 Å². The largest absolute Gasteiger partial charge is 0.316 e. The van der Waals surface area contributed by atoms with Gasteiger partial charge in [-0.25, -0.2) is 9.37 Å². The lowest BCUT2D eigenvalue weighted by molar-refractivity contribution is -0.116. The van der Waals surface area contributed by atoms with Crippen molar-refractivity contribution in [3.05, 3.63) is 30.2 Å². The van der Waals surface area contributed by atoms with Gasteiger partial charge in [-0.1, -0.05) is 11.3 Å². The van der Waals surface area contributed by atoms with E-state index in [4.69, 9.17) is 0 Å². The van der Waals surface area contributed by atoms with E-state index in [0.717, 1.165) is 18.4 Å². The second-order valence-corrected chi connectivity index (χ2v) is 5.86. The first kappa shape index (κ1) is 13.2. The predicted octanol–water partition coefficient (Wildman–Crippen LogP) is 3.41. The van der Waals surface area contributed by atoms with Crippen molar-refractivity contribution < 1.29 is 9.18 Å². The van der Waals surface area contributed by atoms with E-state index in [1.807, 2.05) is 6.07 Å². The number of hydrogen-bond acceptors (Lipinski definition) is 4. The monoisotopic (exact) mass is 291 g/mol. The number of halogens is 1. The van der Waals surface area contributed by atoms with Crippen LogP contribution in [-0.2, 0) is 11.5 Å². The Morgan fingerprint density at radius 1 is 1.50 bits per heavy atom. The molecule has 0 bridgehead atoms. The molecule has 1 saturated carbocycles. The highest BCUT2D eigenvalue weighted by atomic mass is 32.1. The molecule has 6 heteroatoms. The molecule has 1 N–H and O–H groups in total. The molecule has 0 spiro atoms. The molecule has 104 valence electrons. The van der Waals surface area contributed by atoms with Crippen molar-refractivity contribution in [3.8, 4) is 10.6 Å². The third kappa shape index (κ3) is 3.01. The summed E-state index contributed by atoms with van der Waals surface area (Å²) in [6.45, 7) is -0.685. The van der Waals surface area contributed by atoms with Crippen LogP contribution in [0, 0.1) is 5.92 Å². The van der Waals surface area contributed by atoms with Crippen molar-refractivity contribution in [2.24, 2.45) is 5.92 Å². The molecule has 0 saturated heterocycles. The van der Waals surface area contributed by atoms with Gasteiger partial charge in [0, 0.05) is 24.4 Å². The van der Waals surface area contributed by atoms with E-state index >= 15 is 0 Å². The highest BCUT2D eigenvalue weighted by Gasteiger charge is 2.25. The van der Waals surface area contributed by atoms with Crippen LogP contribution >= 0.6 is 11.3 Å². The van der Waals surface area contributed by atoms with Crippen molar-refractivity contribution in [2.75, 3.05) is 5.32 Å². The van der Waals surface area contributed by atoms with Gasteiger partial charge in [0.25, 0.3) is 0 Å². The molecule has 1 aliphatic rings. The second kappa shape index (κ2) is 5.66. The summed E-state index contributed by atoms with van der Waals surface area (Å²) in [5.41, 5.74) is 1.12. The first-order valence-electron chi connectivity index (χ1n) is 6.52. The van der Waals surface area contributed by atoms with Crippen molar-refractivity contribution >= 4 is 22.2 Å². The van der Waals surface area contributed by atoms with E-state index in [1.165, 1.54) is 11.3 Å². The highest BCUT2D eigenvalue weighted by Crippen LogP contribution is 2.35. The summed E-state index contributed by atoms with van der Waals surface area (Å²) < 4.78 is 13.0. The normalized spacial score (nSPS) is 14.2. The summed E-state index contributed by atoms with van der Waals surface area (Å²) in [6, 6.07) is 3.67. The zero-order valence-electron chi connectivity index (χ0n) is 10.8. The fourth-order valence-corrected chi connectivity index (χ4v) is 2.89. The number of hydrogen-bond donors (Lipinski definition) is 1. The van der Waals surface area contributed by atoms with Gasteiger partial charge in [0.2, 0.25) is 5.91 Å². The van der Waals surface area contributed by atoms with Crippen molar-refractivity contribution in [1.82, 2.24) is 9.97 Å². The Kier molecular flexibility index (Phi) is 3.73. The number of carbonyl (C=O) groups excluding carboxylic acids is 1. The molecule has 20 heavy (non-hydrogen) atoms. The van der Waals surface area contributed by atoms with Crippen molar-refractivity contribution in [2.45, 2.75) is 25.9 Å². The molecule has 1 aliphatic carbocycles. The van der Waals surface area contributed by atoms with Crippen molar-refractivity contribution in [1.29, 1.82) is 0 Å². The lowest BCUT2D eigenvalue weighted by Gasteiger charge is -2.01. The van der Waals surface area contributed by atoms with Crippen LogP contribution in [0.5, 0.6) is 0 Å². The minimum atomic E-state index is -0.685. The average molecular weight is 291 g/mol. The maximum atomic E-state index is 13.0. The molecule has 1 fully saturated rings. The molecule has 0 aliphatic heterocycles. The molecule has 0 atom stereocenters. The number of nitrogens with zero attached hydrogens (tertiary/aromatic N) is 2. The lowest BCUT2D eigenvalue weighted by Crippen LogP contribution is -2.11. The fraction of sp³-hybridized carbons (Fsp3) is 0.357. The average Bonchev–Trinajstić information content (AvgIpc) is 3.18. The first-order chi connectivity index (χ1) is 9.76. The minimum absolute atomic E-state index is 0.0522. The predicted molar refractivity (Wildman–Crippen MR) is 76.1 cm³/mol. The summed E-state index contributed by atoms with van der Waals surface area (Å²) in [5, 5.41) is 3.96. The lowest BCUT2D eigenvalue weighted by atomic mass is 10.3. The molecule has 1 amide bonds. The summed E-state index contributed by atoms with van der Waals surface area (Å²) in [7, 11) is 0.